The lowest BCUT2D eigenvalue weighted by atomic mass is 10.1. The Morgan fingerprint density at radius 1 is 1.11 bits per heavy atom. The lowest BCUT2D eigenvalue weighted by Crippen LogP contribution is -2.37. The first kappa shape index (κ1) is 17.2. The minimum Gasteiger partial charge on any atom is -0.489 e. The van der Waals surface area contributed by atoms with Gasteiger partial charge in [-0.3, -0.25) is 4.31 Å². The van der Waals surface area contributed by atoms with E-state index in [1.165, 1.54) is 10.6 Å². The summed E-state index contributed by atoms with van der Waals surface area (Å²) in [5, 5.41) is 9.22. The van der Waals surface area contributed by atoms with E-state index in [4.69, 9.17) is 9.15 Å². The van der Waals surface area contributed by atoms with Gasteiger partial charge >= 0.3 is 0 Å². The third-order valence-corrected chi connectivity index (χ3v) is 6.26. The summed E-state index contributed by atoms with van der Waals surface area (Å²) in [7, 11) is -3.74. The van der Waals surface area contributed by atoms with Crippen molar-refractivity contribution in [3.8, 4) is 23.1 Å². The molecule has 0 unspecified atom stereocenters. The molecule has 1 aromatic heterocycles. The highest BCUT2D eigenvalue weighted by Crippen LogP contribution is 2.39. The molecular weight excluding hydrogens is 364 g/mol. The van der Waals surface area contributed by atoms with Gasteiger partial charge in [0.05, 0.1) is 29.0 Å². The minimum absolute atomic E-state index is 0.204. The van der Waals surface area contributed by atoms with E-state index in [9.17, 15) is 13.7 Å². The molecule has 0 saturated heterocycles. The molecule has 0 spiro atoms. The molecule has 0 radical (unpaired) electrons. The van der Waals surface area contributed by atoms with Crippen LogP contribution in [0, 0.1) is 18.3 Å². The van der Waals surface area contributed by atoms with Gasteiger partial charge in [0, 0.05) is 5.56 Å². The van der Waals surface area contributed by atoms with E-state index in [0.717, 1.165) is 5.56 Å². The van der Waals surface area contributed by atoms with Crippen molar-refractivity contribution in [2.45, 2.75) is 11.8 Å². The van der Waals surface area contributed by atoms with Gasteiger partial charge in [-0.1, -0.05) is 17.7 Å². The molecular formula is C20H16N2O4S. The second-order valence-electron chi connectivity index (χ2n) is 6.20. The summed E-state index contributed by atoms with van der Waals surface area (Å²) in [4.78, 5) is 0.224. The van der Waals surface area contributed by atoms with E-state index in [1.807, 2.05) is 6.92 Å². The molecule has 2 heterocycles. The number of fused-ring (bicyclic) bond motifs is 1. The first-order chi connectivity index (χ1) is 13.0. The fourth-order valence-corrected chi connectivity index (χ4v) is 4.49. The zero-order valence-corrected chi connectivity index (χ0v) is 15.4. The molecule has 0 fully saturated rings. The van der Waals surface area contributed by atoms with Crippen molar-refractivity contribution >= 4 is 15.7 Å². The molecule has 136 valence electrons. The predicted octanol–water partition coefficient (Wildman–Crippen LogP) is 3.71. The van der Waals surface area contributed by atoms with Crippen LogP contribution in [0.5, 0.6) is 5.75 Å². The summed E-state index contributed by atoms with van der Waals surface area (Å²) in [6.07, 6.45) is 1.44. The Labute approximate surface area is 157 Å². The van der Waals surface area contributed by atoms with E-state index >= 15 is 0 Å². The maximum atomic E-state index is 13.2. The number of rotatable bonds is 3. The van der Waals surface area contributed by atoms with Crippen molar-refractivity contribution in [3.05, 3.63) is 65.9 Å². The van der Waals surface area contributed by atoms with Gasteiger partial charge in [-0.15, -0.1) is 0 Å². The van der Waals surface area contributed by atoms with Crippen LogP contribution in [0.3, 0.4) is 0 Å². The Balaban J connectivity index is 1.82. The topological polar surface area (TPSA) is 83.5 Å². The van der Waals surface area contributed by atoms with Crippen LogP contribution in [0.15, 0.2) is 64.1 Å². The summed E-state index contributed by atoms with van der Waals surface area (Å²) in [5.41, 5.74) is 2.42. The third-order valence-electron chi connectivity index (χ3n) is 4.44. The molecule has 0 aliphatic carbocycles. The van der Waals surface area contributed by atoms with E-state index in [0.29, 0.717) is 28.3 Å². The predicted molar refractivity (Wildman–Crippen MR) is 100 cm³/mol. The molecule has 0 amide bonds. The zero-order valence-electron chi connectivity index (χ0n) is 14.5. The molecule has 1 aliphatic heterocycles. The Kier molecular flexibility index (Phi) is 4.13. The molecule has 0 saturated carbocycles. The molecule has 4 rings (SSSR count). The average molecular weight is 380 g/mol. The zero-order chi connectivity index (χ0) is 19.0. The summed E-state index contributed by atoms with van der Waals surface area (Å²) in [6.45, 7) is 2.38. The van der Waals surface area contributed by atoms with Crippen molar-refractivity contribution in [2.24, 2.45) is 0 Å². The van der Waals surface area contributed by atoms with E-state index < -0.39 is 10.0 Å². The number of benzene rings is 2. The van der Waals surface area contributed by atoms with Gasteiger partial charge in [-0.05, 0) is 43.3 Å². The standard InChI is InChI=1S/C20H16N2O4S/c1-14-2-5-17(6-3-14)27(23,24)22-9-11-25-19-7-4-15(12-18(19)22)20-16(13-21)8-10-26-20/h2-8,10,12H,9,11H2,1H3. The second kappa shape index (κ2) is 6.49. The molecule has 2 aromatic carbocycles. The Bertz CT molecular complexity index is 1140. The molecule has 0 bridgehead atoms. The average Bonchev–Trinajstić information content (AvgIpc) is 3.16. The number of hydrogen-bond donors (Lipinski definition) is 0. The maximum absolute atomic E-state index is 13.2. The quantitative estimate of drug-likeness (QED) is 0.692. The summed E-state index contributed by atoms with van der Waals surface area (Å²) in [5.74, 6) is 0.879. The molecule has 0 N–H and O–H groups in total. The molecule has 27 heavy (non-hydrogen) atoms. The number of ether oxygens (including phenoxy) is 1. The number of sulfonamides is 1. The summed E-state index contributed by atoms with van der Waals surface area (Å²) >= 11 is 0. The normalized spacial score (nSPS) is 13.6. The van der Waals surface area contributed by atoms with Crippen molar-refractivity contribution in [1.29, 1.82) is 5.26 Å². The van der Waals surface area contributed by atoms with Crippen molar-refractivity contribution < 1.29 is 17.6 Å². The lowest BCUT2D eigenvalue weighted by molar-refractivity contribution is 0.316. The summed E-state index contributed by atoms with van der Waals surface area (Å²) < 4.78 is 38.7. The van der Waals surface area contributed by atoms with Crippen molar-refractivity contribution in [1.82, 2.24) is 0 Å². The first-order valence-electron chi connectivity index (χ1n) is 8.35. The van der Waals surface area contributed by atoms with Gasteiger partial charge in [-0.25, -0.2) is 8.42 Å². The first-order valence-corrected chi connectivity index (χ1v) is 9.79. The van der Waals surface area contributed by atoms with Gasteiger partial charge < -0.3 is 9.15 Å². The van der Waals surface area contributed by atoms with Gasteiger partial charge in [-0.2, -0.15) is 5.26 Å². The Morgan fingerprint density at radius 2 is 1.89 bits per heavy atom. The number of nitriles is 1. The molecule has 6 nitrogen and oxygen atoms in total. The van der Waals surface area contributed by atoms with E-state index in [2.05, 4.69) is 6.07 Å². The Morgan fingerprint density at radius 3 is 2.63 bits per heavy atom. The highest BCUT2D eigenvalue weighted by molar-refractivity contribution is 7.92. The van der Waals surface area contributed by atoms with Crippen LogP contribution in [0.25, 0.3) is 11.3 Å². The van der Waals surface area contributed by atoms with Crippen LogP contribution in [0.1, 0.15) is 11.1 Å². The third kappa shape index (κ3) is 2.94. The van der Waals surface area contributed by atoms with Gasteiger partial charge in [0.2, 0.25) is 0 Å². The SMILES string of the molecule is Cc1ccc(S(=O)(=O)N2CCOc3ccc(-c4occc4C#N)cc32)cc1. The fourth-order valence-electron chi connectivity index (χ4n) is 3.04. The van der Waals surface area contributed by atoms with Crippen molar-refractivity contribution in [3.63, 3.8) is 0 Å². The number of anilines is 1. The van der Waals surface area contributed by atoms with Crippen LogP contribution in [0.2, 0.25) is 0 Å². The van der Waals surface area contributed by atoms with Crippen LogP contribution < -0.4 is 9.04 Å². The fraction of sp³-hybridized carbons (Fsp3) is 0.150. The number of nitrogens with zero attached hydrogens (tertiary/aromatic N) is 2. The highest BCUT2D eigenvalue weighted by atomic mass is 32.2. The van der Waals surface area contributed by atoms with Crippen molar-refractivity contribution in [2.75, 3.05) is 17.5 Å². The molecule has 7 heteroatoms. The van der Waals surface area contributed by atoms with Crippen LogP contribution in [0.4, 0.5) is 5.69 Å². The van der Waals surface area contributed by atoms with Gasteiger partial charge in [0.1, 0.15) is 18.4 Å². The van der Waals surface area contributed by atoms with E-state index in [1.54, 1.807) is 48.5 Å². The molecule has 0 atom stereocenters. The maximum Gasteiger partial charge on any atom is 0.264 e. The van der Waals surface area contributed by atoms with Gasteiger partial charge in [0.25, 0.3) is 10.0 Å². The smallest absolute Gasteiger partial charge is 0.264 e. The van der Waals surface area contributed by atoms with Crippen LogP contribution in [-0.4, -0.2) is 21.6 Å². The second-order valence-corrected chi connectivity index (χ2v) is 8.06. The molecule has 1 aliphatic rings. The van der Waals surface area contributed by atoms with Crippen LogP contribution >= 0.6 is 0 Å². The largest absolute Gasteiger partial charge is 0.489 e. The number of furan rings is 1. The number of aryl methyl sites for hydroxylation is 1. The van der Waals surface area contributed by atoms with E-state index in [-0.39, 0.29) is 18.0 Å². The minimum atomic E-state index is -3.74. The summed E-state index contributed by atoms with van der Waals surface area (Å²) in [6, 6.07) is 15.5. The molecule has 3 aromatic rings. The highest BCUT2D eigenvalue weighted by Gasteiger charge is 2.30. The van der Waals surface area contributed by atoms with Crippen LogP contribution in [-0.2, 0) is 10.0 Å². The Hall–Kier alpha value is -3.24. The van der Waals surface area contributed by atoms with Gasteiger partial charge in [0.15, 0.2) is 5.76 Å². The lowest BCUT2D eigenvalue weighted by Gasteiger charge is -2.30. The monoisotopic (exact) mass is 380 g/mol. The number of hydrogen-bond acceptors (Lipinski definition) is 5.